The predicted molar refractivity (Wildman–Crippen MR) is 113 cm³/mol. The third-order valence-corrected chi connectivity index (χ3v) is 5.22. The van der Waals surface area contributed by atoms with Gasteiger partial charge in [-0.05, 0) is 74.6 Å². The fourth-order valence-corrected chi connectivity index (χ4v) is 3.36. The van der Waals surface area contributed by atoms with Crippen molar-refractivity contribution in [2.75, 3.05) is 25.0 Å². The molecule has 1 aliphatic rings. The standard InChI is InChI=1S/C23H27N3O3/c1-16-9-10-18(13-17(16)2)22(28)24-15-21(27)25-20-8-6-7-19(14-20)23(29)26-11-4-3-5-12-26/h6-10,13-14H,3-5,11-12,15H2,1-2H3,(H,24,28)(H,25,27). The summed E-state index contributed by atoms with van der Waals surface area (Å²) in [5.74, 6) is -0.647. The fourth-order valence-electron chi connectivity index (χ4n) is 3.36. The van der Waals surface area contributed by atoms with Gasteiger partial charge in [0.25, 0.3) is 11.8 Å². The van der Waals surface area contributed by atoms with Gasteiger partial charge in [0, 0.05) is 29.9 Å². The Labute approximate surface area is 171 Å². The van der Waals surface area contributed by atoms with Crippen molar-refractivity contribution in [1.82, 2.24) is 10.2 Å². The Morgan fingerprint density at radius 1 is 0.897 bits per heavy atom. The normalized spacial score (nSPS) is 13.7. The summed E-state index contributed by atoms with van der Waals surface area (Å²) in [5.41, 5.74) is 3.76. The highest BCUT2D eigenvalue weighted by Gasteiger charge is 2.18. The number of amides is 3. The minimum Gasteiger partial charge on any atom is -0.343 e. The number of rotatable bonds is 5. The minimum atomic E-state index is -0.343. The van der Waals surface area contributed by atoms with Crippen LogP contribution in [0, 0.1) is 13.8 Å². The number of nitrogens with zero attached hydrogens (tertiary/aromatic N) is 1. The van der Waals surface area contributed by atoms with E-state index in [0.717, 1.165) is 43.5 Å². The number of aryl methyl sites for hydroxylation is 2. The first-order chi connectivity index (χ1) is 13.9. The van der Waals surface area contributed by atoms with Crippen LogP contribution in [0.3, 0.4) is 0 Å². The van der Waals surface area contributed by atoms with Gasteiger partial charge in [-0.2, -0.15) is 0 Å². The number of nitrogens with one attached hydrogen (secondary N) is 2. The summed E-state index contributed by atoms with van der Waals surface area (Å²) in [6.07, 6.45) is 3.22. The van der Waals surface area contributed by atoms with Crippen LogP contribution in [0.4, 0.5) is 5.69 Å². The first kappa shape index (κ1) is 20.6. The lowest BCUT2D eigenvalue weighted by molar-refractivity contribution is -0.115. The molecule has 2 N–H and O–H groups in total. The second-order valence-electron chi connectivity index (χ2n) is 7.46. The van der Waals surface area contributed by atoms with Crippen LogP contribution in [0.1, 0.15) is 51.1 Å². The van der Waals surface area contributed by atoms with Gasteiger partial charge in [0.05, 0.1) is 6.54 Å². The van der Waals surface area contributed by atoms with E-state index in [2.05, 4.69) is 10.6 Å². The summed E-state index contributed by atoms with van der Waals surface area (Å²) in [5, 5.41) is 5.37. The maximum atomic E-state index is 12.6. The van der Waals surface area contributed by atoms with Crippen LogP contribution in [-0.2, 0) is 4.79 Å². The van der Waals surface area contributed by atoms with E-state index in [1.54, 1.807) is 36.4 Å². The lowest BCUT2D eigenvalue weighted by Crippen LogP contribution is -2.35. The summed E-state index contributed by atoms with van der Waals surface area (Å²) < 4.78 is 0. The zero-order valence-electron chi connectivity index (χ0n) is 17.0. The molecule has 0 atom stereocenters. The maximum Gasteiger partial charge on any atom is 0.253 e. The van der Waals surface area contributed by atoms with Crippen molar-refractivity contribution < 1.29 is 14.4 Å². The van der Waals surface area contributed by atoms with Gasteiger partial charge in [-0.1, -0.05) is 12.1 Å². The van der Waals surface area contributed by atoms with Gasteiger partial charge in [-0.15, -0.1) is 0 Å². The Morgan fingerprint density at radius 3 is 2.38 bits per heavy atom. The molecular weight excluding hydrogens is 366 g/mol. The Hall–Kier alpha value is -3.15. The molecule has 6 nitrogen and oxygen atoms in total. The minimum absolute atomic E-state index is 0.0103. The first-order valence-electron chi connectivity index (χ1n) is 9.98. The molecule has 6 heteroatoms. The number of benzene rings is 2. The molecule has 1 aliphatic heterocycles. The van der Waals surface area contributed by atoms with Crippen molar-refractivity contribution in [3.05, 3.63) is 64.7 Å². The smallest absolute Gasteiger partial charge is 0.253 e. The highest BCUT2D eigenvalue weighted by Crippen LogP contribution is 2.16. The molecule has 0 bridgehead atoms. The summed E-state index contributed by atoms with van der Waals surface area (Å²) in [4.78, 5) is 38.9. The van der Waals surface area contributed by atoms with E-state index < -0.39 is 0 Å². The number of piperidine rings is 1. The lowest BCUT2D eigenvalue weighted by atomic mass is 10.1. The zero-order valence-corrected chi connectivity index (χ0v) is 17.0. The quantitative estimate of drug-likeness (QED) is 0.818. The van der Waals surface area contributed by atoms with E-state index >= 15 is 0 Å². The molecule has 1 fully saturated rings. The average Bonchev–Trinajstić information content (AvgIpc) is 2.74. The Kier molecular flexibility index (Phi) is 6.65. The number of likely N-dealkylation sites (tertiary alicyclic amines) is 1. The first-order valence-corrected chi connectivity index (χ1v) is 9.98. The van der Waals surface area contributed by atoms with E-state index in [1.165, 1.54) is 0 Å². The van der Waals surface area contributed by atoms with Crippen LogP contribution in [0.15, 0.2) is 42.5 Å². The average molecular weight is 393 g/mol. The zero-order chi connectivity index (χ0) is 20.8. The van der Waals surface area contributed by atoms with Gasteiger partial charge < -0.3 is 15.5 Å². The van der Waals surface area contributed by atoms with Crippen molar-refractivity contribution in [1.29, 1.82) is 0 Å². The van der Waals surface area contributed by atoms with E-state index in [9.17, 15) is 14.4 Å². The molecule has 1 heterocycles. The molecule has 29 heavy (non-hydrogen) atoms. The van der Waals surface area contributed by atoms with Crippen LogP contribution >= 0.6 is 0 Å². The van der Waals surface area contributed by atoms with Crippen LogP contribution in [0.5, 0.6) is 0 Å². The molecule has 0 radical (unpaired) electrons. The number of hydrogen-bond acceptors (Lipinski definition) is 3. The summed E-state index contributed by atoms with van der Waals surface area (Å²) in [6.45, 7) is 5.33. The predicted octanol–water partition coefficient (Wildman–Crippen LogP) is 3.30. The molecule has 0 aliphatic carbocycles. The van der Waals surface area contributed by atoms with Crippen molar-refractivity contribution in [3.63, 3.8) is 0 Å². The largest absolute Gasteiger partial charge is 0.343 e. The van der Waals surface area contributed by atoms with Gasteiger partial charge in [0.15, 0.2) is 0 Å². The molecule has 3 amide bonds. The second kappa shape index (κ2) is 9.37. The summed E-state index contributed by atoms with van der Waals surface area (Å²) in [6, 6.07) is 12.4. The molecule has 0 spiro atoms. The maximum absolute atomic E-state index is 12.6. The molecule has 2 aromatic carbocycles. The second-order valence-corrected chi connectivity index (χ2v) is 7.46. The van der Waals surface area contributed by atoms with Crippen molar-refractivity contribution in [3.8, 4) is 0 Å². The summed E-state index contributed by atoms with van der Waals surface area (Å²) >= 11 is 0. The monoisotopic (exact) mass is 393 g/mol. The van der Waals surface area contributed by atoms with Crippen molar-refractivity contribution in [2.24, 2.45) is 0 Å². The van der Waals surface area contributed by atoms with Crippen LogP contribution in [0.2, 0.25) is 0 Å². The van der Waals surface area contributed by atoms with Gasteiger partial charge in [-0.3, -0.25) is 14.4 Å². The molecule has 3 rings (SSSR count). The third kappa shape index (κ3) is 5.44. The van der Waals surface area contributed by atoms with Gasteiger partial charge in [0.2, 0.25) is 5.91 Å². The van der Waals surface area contributed by atoms with Crippen LogP contribution in [0.25, 0.3) is 0 Å². The van der Waals surface area contributed by atoms with Crippen LogP contribution in [-0.4, -0.2) is 42.3 Å². The SMILES string of the molecule is Cc1ccc(C(=O)NCC(=O)Nc2cccc(C(=O)N3CCCCC3)c2)cc1C. The Bertz CT molecular complexity index is 917. The van der Waals surface area contributed by atoms with E-state index in [0.29, 0.717) is 16.8 Å². The highest BCUT2D eigenvalue weighted by atomic mass is 16.2. The van der Waals surface area contributed by atoms with Gasteiger partial charge >= 0.3 is 0 Å². The molecule has 152 valence electrons. The third-order valence-electron chi connectivity index (χ3n) is 5.22. The van der Waals surface area contributed by atoms with E-state index in [4.69, 9.17) is 0 Å². The fraction of sp³-hybridized carbons (Fsp3) is 0.348. The summed E-state index contributed by atoms with van der Waals surface area (Å²) in [7, 11) is 0. The lowest BCUT2D eigenvalue weighted by Gasteiger charge is -2.26. The molecule has 0 saturated carbocycles. The molecular formula is C23H27N3O3. The van der Waals surface area contributed by atoms with Crippen molar-refractivity contribution >= 4 is 23.4 Å². The topological polar surface area (TPSA) is 78.5 Å². The van der Waals surface area contributed by atoms with Gasteiger partial charge in [0.1, 0.15) is 0 Å². The number of hydrogen-bond donors (Lipinski definition) is 2. The molecule has 2 aromatic rings. The number of anilines is 1. The molecule has 0 unspecified atom stereocenters. The number of carbonyl (C=O) groups is 3. The van der Waals surface area contributed by atoms with Crippen LogP contribution < -0.4 is 10.6 Å². The molecule has 1 saturated heterocycles. The van der Waals surface area contributed by atoms with Gasteiger partial charge in [-0.25, -0.2) is 0 Å². The Balaban J connectivity index is 1.55. The Morgan fingerprint density at radius 2 is 1.66 bits per heavy atom. The van der Waals surface area contributed by atoms with E-state index in [1.807, 2.05) is 24.8 Å². The molecule has 0 aromatic heterocycles. The number of carbonyl (C=O) groups excluding carboxylic acids is 3. The highest BCUT2D eigenvalue weighted by molar-refractivity contribution is 6.00. The van der Waals surface area contributed by atoms with E-state index in [-0.39, 0.29) is 24.3 Å². The van der Waals surface area contributed by atoms with Crippen molar-refractivity contribution in [2.45, 2.75) is 33.1 Å².